The average Bonchev–Trinajstić information content (AvgIpc) is 2.40. The second-order valence-corrected chi connectivity index (χ2v) is 5.31. The van der Waals surface area contributed by atoms with E-state index >= 15 is 0 Å². The average molecular weight is 411 g/mol. The van der Waals surface area contributed by atoms with Gasteiger partial charge in [0, 0.05) is 5.56 Å². The second-order valence-electron chi connectivity index (χ2n) is 4.23. The fraction of sp³-hybridized carbons (Fsp3) is 0.231. The van der Waals surface area contributed by atoms with Crippen LogP contribution in [0.1, 0.15) is 18.2 Å². The predicted octanol–water partition coefficient (Wildman–Crippen LogP) is 4.05. The molecule has 0 atom stereocenters. The lowest BCUT2D eigenvalue weighted by atomic mass is 10.1. The standard InChI is InChI=1S/C13H10F4IN3/c1-2-9-10(18)11(19)21-12(20-9)7-4-3-6(14)5-8(7)13(15,16)17/h3-5H,2H2,1H3,(H2,19,20,21). The number of nitrogens with zero attached hydrogens (tertiary/aromatic N) is 2. The molecule has 0 saturated heterocycles. The summed E-state index contributed by atoms with van der Waals surface area (Å²) in [5.41, 5.74) is 4.85. The molecule has 0 bridgehead atoms. The fourth-order valence-corrected chi connectivity index (χ4v) is 2.44. The van der Waals surface area contributed by atoms with E-state index in [1.54, 1.807) is 0 Å². The third-order valence-corrected chi connectivity index (χ3v) is 3.98. The number of anilines is 1. The van der Waals surface area contributed by atoms with Gasteiger partial charge in [0.1, 0.15) is 11.6 Å². The molecule has 21 heavy (non-hydrogen) atoms. The number of nitrogens with two attached hydrogens (primary N) is 1. The molecule has 0 aliphatic rings. The number of hydrogen-bond acceptors (Lipinski definition) is 3. The first-order chi connectivity index (χ1) is 9.74. The topological polar surface area (TPSA) is 51.8 Å². The zero-order valence-electron chi connectivity index (χ0n) is 10.8. The molecule has 112 valence electrons. The molecule has 8 heteroatoms. The third kappa shape index (κ3) is 3.25. The molecule has 1 aromatic heterocycles. The summed E-state index contributed by atoms with van der Waals surface area (Å²) in [4.78, 5) is 8.00. The van der Waals surface area contributed by atoms with E-state index < -0.39 is 17.6 Å². The molecule has 1 heterocycles. The second kappa shape index (κ2) is 5.74. The Morgan fingerprint density at radius 3 is 2.48 bits per heavy atom. The number of halogens is 5. The van der Waals surface area contributed by atoms with E-state index in [1.807, 2.05) is 29.5 Å². The Bertz CT molecular complexity index is 686. The smallest absolute Gasteiger partial charge is 0.383 e. The van der Waals surface area contributed by atoms with E-state index in [0.717, 1.165) is 12.1 Å². The van der Waals surface area contributed by atoms with Crippen molar-refractivity contribution in [3.63, 3.8) is 0 Å². The molecule has 2 rings (SSSR count). The van der Waals surface area contributed by atoms with Gasteiger partial charge < -0.3 is 5.73 Å². The molecule has 0 aliphatic heterocycles. The molecule has 2 N–H and O–H groups in total. The minimum absolute atomic E-state index is 0.106. The lowest BCUT2D eigenvalue weighted by Crippen LogP contribution is -2.11. The minimum atomic E-state index is -4.70. The van der Waals surface area contributed by atoms with Crippen LogP contribution in [0.4, 0.5) is 23.4 Å². The van der Waals surface area contributed by atoms with Crippen LogP contribution in [0.5, 0.6) is 0 Å². The van der Waals surface area contributed by atoms with Gasteiger partial charge in [0.15, 0.2) is 5.82 Å². The summed E-state index contributed by atoms with van der Waals surface area (Å²) in [5.74, 6) is -1.02. The lowest BCUT2D eigenvalue weighted by molar-refractivity contribution is -0.137. The number of rotatable bonds is 2. The predicted molar refractivity (Wildman–Crippen MR) is 78.9 cm³/mol. The van der Waals surface area contributed by atoms with Crippen LogP contribution in [0.2, 0.25) is 0 Å². The van der Waals surface area contributed by atoms with Crippen LogP contribution < -0.4 is 5.73 Å². The van der Waals surface area contributed by atoms with Crippen molar-refractivity contribution in [2.24, 2.45) is 0 Å². The number of alkyl halides is 3. The number of aromatic nitrogens is 2. The molecule has 0 saturated carbocycles. The third-order valence-electron chi connectivity index (χ3n) is 2.81. The van der Waals surface area contributed by atoms with E-state index in [9.17, 15) is 17.6 Å². The molecule has 0 spiro atoms. The number of benzene rings is 1. The molecule has 2 aromatic rings. The normalized spacial score (nSPS) is 11.7. The summed E-state index contributed by atoms with van der Waals surface area (Å²) < 4.78 is 52.8. The van der Waals surface area contributed by atoms with E-state index in [2.05, 4.69) is 9.97 Å². The quantitative estimate of drug-likeness (QED) is 0.600. The maximum atomic E-state index is 13.1. The maximum Gasteiger partial charge on any atom is 0.417 e. The Labute approximate surface area is 131 Å². The summed E-state index contributed by atoms with van der Waals surface area (Å²) in [6.45, 7) is 1.81. The number of nitrogen functional groups attached to an aromatic ring is 1. The van der Waals surface area contributed by atoms with Crippen molar-refractivity contribution in [1.82, 2.24) is 9.97 Å². The Morgan fingerprint density at radius 2 is 1.90 bits per heavy atom. The summed E-state index contributed by atoms with van der Waals surface area (Å²) in [6, 6.07) is 2.38. The Balaban J connectivity index is 2.70. The van der Waals surface area contributed by atoms with Crippen LogP contribution in [0.15, 0.2) is 18.2 Å². The molecule has 0 unspecified atom stereocenters. The highest BCUT2D eigenvalue weighted by atomic mass is 127. The highest BCUT2D eigenvalue weighted by Crippen LogP contribution is 2.37. The molecule has 1 aromatic carbocycles. The van der Waals surface area contributed by atoms with Crippen molar-refractivity contribution in [2.45, 2.75) is 19.5 Å². The van der Waals surface area contributed by atoms with Gasteiger partial charge in [-0.15, -0.1) is 0 Å². The Hall–Kier alpha value is -1.45. The Kier molecular flexibility index (Phi) is 4.35. The summed E-state index contributed by atoms with van der Waals surface area (Å²) >= 11 is 1.94. The first kappa shape index (κ1) is 15.9. The first-order valence-electron chi connectivity index (χ1n) is 5.93. The monoisotopic (exact) mass is 411 g/mol. The number of aryl methyl sites for hydroxylation is 1. The first-order valence-corrected chi connectivity index (χ1v) is 7.01. The number of hydrogen-bond donors (Lipinski definition) is 1. The van der Waals surface area contributed by atoms with Gasteiger partial charge in [0.25, 0.3) is 0 Å². The van der Waals surface area contributed by atoms with Crippen molar-refractivity contribution >= 4 is 28.4 Å². The van der Waals surface area contributed by atoms with E-state index in [1.165, 1.54) is 0 Å². The summed E-state index contributed by atoms with van der Waals surface area (Å²) in [5, 5.41) is 0. The molecule has 0 fully saturated rings. The van der Waals surface area contributed by atoms with Gasteiger partial charge in [-0.05, 0) is 47.2 Å². The molecular formula is C13H10F4IN3. The van der Waals surface area contributed by atoms with Gasteiger partial charge in [0.2, 0.25) is 0 Å². The fourth-order valence-electron chi connectivity index (χ4n) is 1.81. The van der Waals surface area contributed by atoms with Gasteiger partial charge >= 0.3 is 6.18 Å². The van der Waals surface area contributed by atoms with Crippen molar-refractivity contribution < 1.29 is 17.6 Å². The maximum absolute atomic E-state index is 13.1. The van der Waals surface area contributed by atoms with Crippen molar-refractivity contribution in [2.75, 3.05) is 5.73 Å². The molecule has 0 radical (unpaired) electrons. The highest BCUT2D eigenvalue weighted by molar-refractivity contribution is 14.1. The van der Waals surface area contributed by atoms with E-state index in [0.29, 0.717) is 21.8 Å². The summed E-state index contributed by atoms with van der Waals surface area (Å²) in [7, 11) is 0. The van der Waals surface area contributed by atoms with Gasteiger partial charge in [-0.25, -0.2) is 14.4 Å². The van der Waals surface area contributed by atoms with Gasteiger partial charge in [0.05, 0.1) is 14.8 Å². The highest BCUT2D eigenvalue weighted by Gasteiger charge is 2.35. The molecule has 0 aliphatic carbocycles. The van der Waals surface area contributed by atoms with Crippen LogP contribution in [-0.2, 0) is 12.6 Å². The Morgan fingerprint density at radius 1 is 1.24 bits per heavy atom. The largest absolute Gasteiger partial charge is 0.417 e. The van der Waals surface area contributed by atoms with Gasteiger partial charge in [-0.1, -0.05) is 6.92 Å². The van der Waals surface area contributed by atoms with Crippen molar-refractivity contribution in [3.05, 3.63) is 38.8 Å². The van der Waals surface area contributed by atoms with E-state index in [-0.39, 0.29) is 17.2 Å². The van der Waals surface area contributed by atoms with Crippen molar-refractivity contribution in [3.8, 4) is 11.4 Å². The SMILES string of the molecule is CCc1nc(-c2ccc(F)cc2C(F)(F)F)nc(N)c1I. The zero-order chi connectivity index (χ0) is 15.8. The van der Waals surface area contributed by atoms with Gasteiger partial charge in [-0.2, -0.15) is 13.2 Å². The zero-order valence-corrected chi connectivity index (χ0v) is 13.0. The molecule has 0 amide bonds. The molecular weight excluding hydrogens is 401 g/mol. The minimum Gasteiger partial charge on any atom is -0.383 e. The van der Waals surface area contributed by atoms with Crippen LogP contribution in [0.25, 0.3) is 11.4 Å². The van der Waals surface area contributed by atoms with Crippen LogP contribution in [-0.4, -0.2) is 9.97 Å². The van der Waals surface area contributed by atoms with Crippen molar-refractivity contribution in [1.29, 1.82) is 0 Å². The summed E-state index contributed by atoms with van der Waals surface area (Å²) in [6.07, 6.45) is -4.20. The van der Waals surface area contributed by atoms with Crippen LogP contribution in [0, 0.1) is 9.39 Å². The van der Waals surface area contributed by atoms with Crippen LogP contribution in [0.3, 0.4) is 0 Å². The molecule has 3 nitrogen and oxygen atoms in total. The van der Waals surface area contributed by atoms with Gasteiger partial charge in [-0.3, -0.25) is 0 Å². The van der Waals surface area contributed by atoms with Crippen LogP contribution >= 0.6 is 22.6 Å². The van der Waals surface area contributed by atoms with E-state index in [4.69, 9.17) is 5.73 Å². The lowest BCUT2D eigenvalue weighted by Gasteiger charge is -2.13.